The number of Topliss-reactive ketones (excluding diaryl/α,β-unsaturated/α-hetero) is 1. The monoisotopic (exact) mass is 336 g/mol. The van der Waals surface area contributed by atoms with E-state index in [1.54, 1.807) is 12.4 Å². The van der Waals surface area contributed by atoms with E-state index in [1.807, 2.05) is 0 Å². The number of rotatable bonds is 7. The number of unbranched alkanes of at least 4 members (excludes halogenated alkanes) is 2. The van der Waals surface area contributed by atoms with Crippen molar-refractivity contribution in [3.8, 4) is 11.4 Å². The molecule has 2 rings (SSSR count). The summed E-state index contributed by atoms with van der Waals surface area (Å²) in [6, 6.07) is 4.69. The third-order valence-electron chi connectivity index (χ3n) is 3.64. The Bertz CT molecular complexity index is 664. The number of carbonyl (C=O) groups is 1. The zero-order valence-electron chi connectivity index (χ0n) is 13.4. The highest BCUT2D eigenvalue weighted by atomic mass is 19.4. The molecule has 3 nitrogen and oxygen atoms in total. The standard InChI is InChI=1S/C18H19F3N2O/c1-2-3-4-5-16(24)10-13-11-22-17(23-12-13)14-6-8-15(9-7-14)18(19,20)21/h6-9,11-12H,2-5,10H2,1H3. The molecule has 0 fully saturated rings. The van der Waals surface area contributed by atoms with Gasteiger partial charge in [-0.1, -0.05) is 31.9 Å². The number of benzene rings is 1. The average Bonchev–Trinajstić information content (AvgIpc) is 2.55. The number of aromatic nitrogens is 2. The van der Waals surface area contributed by atoms with Gasteiger partial charge in [-0.2, -0.15) is 13.2 Å². The van der Waals surface area contributed by atoms with Gasteiger partial charge in [0.05, 0.1) is 5.56 Å². The van der Waals surface area contributed by atoms with Crippen molar-refractivity contribution in [2.45, 2.75) is 45.2 Å². The molecule has 0 spiro atoms. The van der Waals surface area contributed by atoms with Crippen LogP contribution < -0.4 is 0 Å². The highest BCUT2D eigenvalue weighted by molar-refractivity contribution is 5.80. The molecule has 0 aliphatic heterocycles. The second-order valence-electron chi connectivity index (χ2n) is 5.66. The Morgan fingerprint density at radius 1 is 1.04 bits per heavy atom. The summed E-state index contributed by atoms with van der Waals surface area (Å²) in [6.07, 6.45) is 2.58. The largest absolute Gasteiger partial charge is 0.416 e. The van der Waals surface area contributed by atoms with E-state index in [-0.39, 0.29) is 12.2 Å². The number of hydrogen-bond donors (Lipinski definition) is 0. The smallest absolute Gasteiger partial charge is 0.299 e. The molecule has 6 heteroatoms. The maximum Gasteiger partial charge on any atom is 0.416 e. The average molecular weight is 336 g/mol. The molecule has 128 valence electrons. The van der Waals surface area contributed by atoms with E-state index in [4.69, 9.17) is 0 Å². The Balaban J connectivity index is 2.00. The van der Waals surface area contributed by atoms with Crippen molar-refractivity contribution in [3.05, 3.63) is 47.8 Å². The van der Waals surface area contributed by atoms with Gasteiger partial charge >= 0.3 is 6.18 Å². The molecule has 0 atom stereocenters. The van der Waals surface area contributed by atoms with Crippen LogP contribution in [0.1, 0.15) is 43.7 Å². The van der Waals surface area contributed by atoms with Crippen molar-refractivity contribution in [1.29, 1.82) is 0 Å². The van der Waals surface area contributed by atoms with Gasteiger partial charge < -0.3 is 0 Å². The number of carbonyl (C=O) groups excluding carboxylic acids is 1. The summed E-state index contributed by atoms with van der Waals surface area (Å²) in [4.78, 5) is 20.1. The number of ketones is 1. The molecular weight excluding hydrogens is 317 g/mol. The van der Waals surface area contributed by atoms with Crippen LogP contribution in [0.4, 0.5) is 13.2 Å². The topological polar surface area (TPSA) is 42.9 Å². The SMILES string of the molecule is CCCCCC(=O)Cc1cnc(-c2ccc(C(F)(F)F)cc2)nc1. The molecule has 1 aromatic carbocycles. The van der Waals surface area contributed by atoms with E-state index in [9.17, 15) is 18.0 Å². The predicted octanol–water partition coefficient (Wildman–Crippen LogP) is 4.85. The molecule has 0 bridgehead atoms. The van der Waals surface area contributed by atoms with Crippen LogP contribution in [0, 0.1) is 0 Å². The molecule has 1 aromatic heterocycles. The first-order valence-electron chi connectivity index (χ1n) is 7.90. The second kappa shape index (κ2) is 8.04. The molecule has 0 amide bonds. The fourth-order valence-electron chi connectivity index (χ4n) is 2.29. The summed E-state index contributed by atoms with van der Waals surface area (Å²) in [5, 5.41) is 0. The highest BCUT2D eigenvalue weighted by Crippen LogP contribution is 2.30. The molecular formula is C18H19F3N2O. The zero-order chi connectivity index (χ0) is 17.6. The molecule has 0 radical (unpaired) electrons. The molecule has 0 unspecified atom stereocenters. The van der Waals surface area contributed by atoms with Crippen molar-refractivity contribution in [2.24, 2.45) is 0 Å². The number of halogens is 3. The van der Waals surface area contributed by atoms with Crippen molar-refractivity contribution < 1.29 is 18.0 Å². The van der Waals surface area contributed by atoms with Crippen molar-refractivity contribution in [3.63, 3.8) is 0 Å². The third kappa shape index (κ3) is 5.15. The van der Waals surface area contributed by atoms with Crippen LogP contribution >= 0.6 is 0 Å². The van der Waals surface area contributed by atoms with Gasteiger partial charge in [-0.05, 0) is 24.1 Å². The summed E-state index contributed by atoms with van der Waals surface area (Å²) < 4.78 is 37.6. The van der Waals surface area contributed by atoms with E-state index < -0.39 is 11.7 Å². The molecule has 1 heterocycles. The lowest BCUT2D eigenvalue weighted by Crippen LogP contribution is -2.05. The zero-order valence-corrected chi connectivity index (χ0v) is 13.4. The number of hydrogen-bond acceptors (Lipinski definition) is 3. The van der Waals surface area contributed by atoms with Crippen LogP contribution in [0.5, 0.6) is 0 Å². The van der Waals surface area contributed by atoms with E-state index in [0.29, 0.717) is 23.4 Å². The van der Waals surface area contributed by atoms with Gasteiger partial charge in [0.2, 0.25) is 0 Å². The summed E-state index contributed by atoms with van der Waals surface area (Å²) in [5.74, 6) is 0.486. The Morgan fingerprint density at radius 2 is 1.67 bits per heavy atom. The fraction of sp³-hybridized carbons (Fsp3) is 0.389. The molecule has 0 N–H and O–H groups in total. The maximum absolute atomic E-state index is 12.5. The van der Waals surface area contributed by atoms with E-state index in [0.717, 1.165) is 31.4 Å². The summed E-state index contributed by atoms with van der Waals surface area (Å²) in [6.45, 7) is 2.08. The molecule has 0 saturated carbocycles. The van der Waals surface area contributed by atoms with Gasteiger partial charge in [0.15, 0.2) is 5.82 Å². The van der Waals surface area contributed by atoms with Crippen molar-refractivity contribution in [1.82, 2.24) is 9.97 Å². The van der Waals surface area contributed by atoms with Crippen LogP contribution in [0.2, 0.25) is 0 Å². The normalized spacial score (nSPS) is 11.5. The lowest BCUT2D eigenvalue weighted by Gasteiger charge is -2.07. The van der Waals surface area contributed by atoms with Crippen LogP contribution in [0.25, 0.3) is 11.4 Å². The van der Waals surface area contributed by atoms with Gasteiger partial charge in [-0.25, -0.2) is 9.97 Å². The molecule has 24 heavy (non-hydrogen) atoms. The first-order chi connectivity index (χ1) is 11.4. The van der Waals surface area contributed by atoms with E-state index in [1.165, 1.54) is 12.1 Å². The van der Waals surface area contributed by atoms with Crippen LogP contribution in [-0.4, -0.2) is 15.8 Å². The van der Waals surface area contributed by atoms with Crippen LogP contribution in [0.3, 0.4) is 0 Å². The molecule has 0 saturated heterocycles. The minimum absolute atomic E-state index is 0.148. The Labute approximate surface area is 139 Å². The summed E-state index contributed by atoms with van der Waals surface area (Å²) >= 11 is 0. The number of alkyl halides is 3. The number of nitrogens with zero attached hydrogens (tertiary/aromatic N) is 2. The van der Waals surface area contributed by atoms with Crippen LogP contribution in [-0.2, 0) is 17.4 Å². The first kappa shape index (κ1) is 18.1. The maximum atomic E-state index is 12.5. The Hall–Kier alpha value is -2.24. The van der Waals surface area contributed by atoms with Gasteiger partial charge in [-0.3, -0.25) is 4.79 Å². The van der Waals surface area contributed by atoms with Gasteiger partial charge in [0.25, 0.3) is 0 Å². The fourth-order valence-corrected chi connectivity index (χ4v) is 2.29. The summed E-state index contributed by atoms with van der Waals surface area (Å²) in [5.41, 5.74) is 0.511. The van der Waals surface area contributed by atoms with E-state index in [2.05, 4.69) is 16.9 Å². The molecule has 2 aromatic rings. The quantitative estimate of drug-likeness (QED) is 0.679. The Kier molecular flexibility index (Phi) is 6.06. The van der Waals surface area contributed by atoms with Crippen molar-refractivity contribution >= 4 is 5.78 Å². The first-order valence-corrected chi connectivity index (χ1v) is 7.90. The van der Waals surface area contributed by atoms with Crippen LogP contribution in [0.15, 0.2) is 36.7 Å². The lowest BCUT2D eigenvalue weighted by atomic mass is 10.1. The highest BCUT2D eigenvalue weighted by Gasteiger charge is 2.30. The molecule has 0 aliphatic carbocycles. The van der Waals surface area contributed by atoms with Crippen molar-refractivity contribution in [2.75, 3.05) is 0 Å². The Morgan fingerprint density at radius 3 is 2.21 bits per heavy atom. The van der Waals surface area contributed by atoms with Gasteiger partial charge in [-0.15, -0.1) is 0 Å². The minimum Gasteiger partial charge on any atom is -0.299 e. The van der Waals surface area contributed by atoms with E-state index >= 15 is 0 Å². The summed E-state index contributed by atoms with van der Waals surface area (Å²) in [7, 11) is 0. The third-order valence-corrected chi connectivity index (χ3v) is 3.64. The minimum atomic E-state index is -4.36. The second-order valence-corrected chi connectivity index (χ2v) is 5.66. The van der Waals surface area contributed by atoms with Gasteiger partial charge in [0, 0.05) is 30.8 Å². The predicted molar refractivity (Wildman–Crippen MR) is 85.3 cm³/mol. The van der Waals surface area contributed by atoms with Gasteiger partial charge in [0.1, 0.15) is 5.78 Å². The lowest BCUT2D eigenvalue weighted by molar-refractivity contribution is -0.137. The molecule has 0 aliphatic rings.